The van der Waals surface area contributed by atoms with Gasteiger partial charge < -0.3 is 5.11 Å². The number of nitrogens with one attached hydrogen (secondary N) is 1. The number of nitrogens with zero attached hydrogens (tertiary/aromatic N) is 3. The van der Waals surface area contributed by atoms with Crippen LogP contribution in [0.2, 0.25) is 0 Å². The highest BCUT2D eigenvalue weighted by molar-refractivity contribution is 7.12. The van der Waals surface area contributed by atoms with Crippen LogP contribution in [0.4, 0.5) is 0 Å². The molecule has 3 rings (SSSR count). The van der Waals surface area contributed by atoms with Crippen molar-refractivity contribution >= 4 is 23.5 Å². The van der Waals surface area contributed by atoms with Crippen molar-refractivity contribution in [2.75, 3.05) is 0 Å². The maximum absolute atomic E-state index is 12.0. The molecule has 6 nitrogen and oxygen atoms in total. The van der Waals surface area contributed by atoms with Gasteiger partial charge in [-0.25, -0.2) is 10.4 Å². The van der Waals surface area contributed by atoms with E-state index in [1.807, 2.05) is 29.9 Å². The van der Waals surface area contributed by atoms with Gasteiger partial charge in [0.05, 0.1) is 11.8 Å². The molecular formula is C17H16N4O2S. The van der Waals surface area contributed by atoms with Crippen molar-refractivity contribution in [1.29, 1.82) is 0 Å². The molecule has 7 heteroatoms. The van der Waals surface area contributed by atoms with Crippen molar-refractivity contribution < 1.29 is 9.90 Å². The number of aromatic hydroxyl groups is 1. The first-order valence-electron chi connectivity index (χ1n) is 7.28. The molecule has 2 N–H and O–H groups in total. The molecule has 0 atom stereocenters. The molecule has 0 radical (unpaired) electrons. The molecule has 0 aliphatic heterocycles. The number of benzene rings is 1. The molecule has 24 heavy (non-hydrogen) atoms. The Bertz CT molecular complexity index is 897. The fourth-order valence-electron chi connectivity index (χ4n) is 2.43. The van der Waals surface area contributed by atoms with Gasteiger partial charge in [-0.2, -0.15) is 5.10 Å². The second-order valence-corrected chi connectivity index (χ2v) is 6.07. The highest BCUT2D eigenvalue weighted by Gasteiger charge is 2.12. The summed E-state index contributed by atoms with van der Waals surface area (Å²) in [6.45, 7) is 3.97. The van der Waals surface area contributed by atoms with Crippen molar-refractivity contribution in [3.8, 4) is 10.9 Å². The number of carbonyl (C=O) groups excluding carboxylic acids is 1. The Morgan fingerprint density at radius 3 is 2.88 bits per heavy atom. The van der Waals surface area contributed by atoms with Crippen LogP contribution in [0.15, 0.2) is 47.0 Å². The predicted molar refractivity (Wildman–Crippen MR) is 94.1 cm³/mol. The zero-order valence-corrected chi connectivity index (χ0v) is 14.0. The van der Waals surface area contributed by atoms with E-state index in [0.29, 0.717) is 0 Å². The largest absolute Gasteiger partial charge is 0.507 e. The first-order chi connectivity index (χ1) is 11.6. The Balaban J connectivity index is 1.77. The number of aromatic nitrogens is 2. The minimum atomic E-state index is -0.460. The van der Waals surface area contributed by atoms with Gasteiger partial charge in [0.25, 0.3) is 5.91 Å². The normalized spacial score (nSPS) is 11.1. The van der Waals surface area contributed by atoms with E-state index in [9.17, 15) is 9.90 Å². The monoisotopic (exact) mass is 340 g/mol. The average Bonchev–Trinajstić information content (AvgIpc) is 3.16. The number of hydrazone groups is 1. The molecule has 3 aromatic rings. The summed E-state index contributed by atoms with van der Waals surface area (Å²) < 4.78 is 2.04. The van der Waals surface area contributed by atoms with Crippen LogP contribution in [-0.2, 0) is 0 Å². The van der Waals surface area contributed by atoms with Crippen LogP contribution in [0.25, 0.3) is 5.13 Å². The van der Waals surface area contributed by atoms with Crippen LogP contribution >= 0.6 is 11.3 Å². The third kappa shape index (κ3) is 3.07. The number of hydrogen-bond donors (Lipinski definition) is 2. The summed E-state index contributed by atoms with van der Waals surface area (Å²) in [5.41, 5.74) is 5.53. The van der Waals surface area contributed by atoms with Gasteiger partial charge in [0.2, 0.25) is 0 Å². The maximum Gasteiger partial charge on any atom is 0.275 e. The first-order valence-corrected chi connectivity index (χ1v) is 8.16. The Morgan fingerprint density at radius 2 is 2.17 bits per heavy atom. The van der Waals surface area contributed by atoms with E-state index in [0.717, 1.165) is 22.1 Å². The number of aryl methyl sites for hydroxylation is 1. The van der Waals surface area contributed by atoms with Gasteiger partial charge in [0.15, 0.2) is 5.13 Å². The molecule has 0 bridgehead atoms. The van der Waals surface area contributed by atoms with E-state index in [1.54, 1.807) is 35.9 Å². The number of amides is 1. The number of thiazole rings is 1. The predicted octanol–water partition coefficient (Wildman–Crippen LogP) is 3.02. The lowest BCUT2D eigenvalue weighted by Gasteiger charge is -2.04. The Morgan fingerprint density at radius 1 is 1.38 bits per heavy atom. The van der Waals surface area contributed by atoms with Crippen LogP contribution in [0.1, 0.15) is 27.3 Å². The standard InChI is InChI=1S/C17H16N4O2S/c1-11-9-13(12(2)21(11)17-18-7-8-24-17)10-19-20-16(23)14-5-3-4-6-15(14)22/h3-10,22H,1-2H3,(H,20,23)/b19-10-. The molecule has 1 aromatic carbocycles. The Hall–Kier alpha value is -2.93. The van der Waals surface area contributed by atoms with E-state index in [2.05, 4.69) is 15.5 Å². The van der Waals surface area contributed by atoms with E-state index >= 15 is 0 Å². The van der Waals surface area contributed by atoms with Gasteiger partial charge in [0.1, 0.15) is 5.75 Å². The van der Waals surface area contributed by atoms with Crippen molar-refractivity contribution in [2.45, 2.75) is 13.8 Å². The molecule has 0 fully saturated rings. The summed E-state index contributed by atoms with van der Waals surface area (Å²) in [4.78, 5) is 16.3. The lowest BCUT2D eigenvalue weighted by Crippen LogP contribution is -2.17. The van der Waals surface area contributed by atoms with Gasteiger partial charge in [-0.15, -0.1) is 11.3 Å². The minimum absolute atomic E-state index is 0.0767. The van der Waals surface area contributed by atoms with Crippen LogP contribution in [0.3, 0.4) is 0 Å². The Labute approximate surface area is 143 Å². The summed E-state index contributed by atoms with van der Waals surface area (Å²) in [5.74, 6) is -0.537. The van der Waals surface area contributed by atoms with Crippen LogP contribution in [-0.4, -0.2) is 26.8 Å². The maximum atomic E-state index is 12.0. The molecule has 0 saturated heterocycles. The highest BCUT2D eigenvalue weighted by atomic mass is 32.1. The van der Waals surface area contributed by atoms with E-state index in [4.69, 9.17) is 0 Å². The summed E-state index contributed by atoms with van der Waals surface area (Å²) in [6.07, 6.45) is 3.35. The van der Waals surface area contributed by atoms with Gasteiger partial charge >= 0.3 is 0 Å². The first kappa shape index (κ1) is 15.9. The molecule has 2 aromatic heterocycles. The van der Waals surface area contributed by atoms with Crippen molar-refractivity contribution in [2.24, 2.45) is 5.10 Å². The number of hydrogen-bond acceptors (Lipinski definition) is 5. The molecule has 0 saturated carbocycles. The van der Waals surface area contributed by atoms with Gasteiger partial charge in [-0.05, 0) is 32.0 Å². The Kier molecular flexibility index (Phi) is 4.43. The summed E-state index contributed by atoms with van der Waals surface area (Å²) >= 11 is 1.56. The molecule has 0 aliphatic carbocycles. The van der Waals surface area contributed by atoms with Gasteiger partial charge in [0, 0.05) is 28.5 Å². The SMILES string of the molecule is Cc1cc(/C=N\NC(=O)c2ccccc2O)c(C)n1-c1nccs1. The number of phenols is 1. The van der Waals surface area contributed by atoms with E-state index in [1.165, 1.54) is 12.1 Å². The van der Waals surface area contributed by atoms with E-state index in [-0.39, 0.29) is 11.3 Å². The third-order valence-electron chi connectivity index (χ3n) is 3.60. The molecule has 2 heterocycles. The fraction of sp³-hybridized carbons (Fsp3) is 0.118. The third-order valence-corrected chi connectivity index (χ3v) is 4.36. The minimum Gasteiger partial charge on any atom is -0.507 e. The molecule has 0 unspecified atom stereocenters. The second-order valence-electron chi connectivity index (χ2n) is 5.19. The molecule has 122 valence electrons. The number of carbonyl (C=O) groups is 1. The van der Waals surface area contributed by atoms with Crippen LogP contribution in [0.5, 0.6) is 5.75 Å². The van der Waals surface area contributed by atoms with Crippen molar-refractivity contribution in [3.05, 3.63) is 64.4 Å². The zero-order chi connectivity index (χ0) is 17.1. The summed E-state index contributed by atoms with van der Waals surface area (Å²) in [6, 6.07) is 8.31. The van der Waals surface area contributed by atoms with E-state index < -0.39 is 5.91 Å². The van der Waals surface area contributed by atoms with Crippen LogP contribution in [0, 0.1) is 13.8 Å². The quantitative estimate of drug-likeness (QED) is 0.566. The summed E-state index contributed by atoms with van der Waals surface area (Å²) in [7, 11) is 0. The second kappa shape index (κ2) is 6.67. The highest BCUT2D eigenvalue weighted by Crippen LogP contribution is 2.21. The van der Waals surface area contributed by atoms with Crippen LogP contribution < -0.4 is 5.43 Å². The lowest BCUT2D eigenvalue weighted by atomic mass is 10.2. The smallest absolute Gasteiger partial charge is 0.275 e. The van der Waals surface area contributed by atoms with Gasteiger partial charge in [-0.1, -0.05) is 12.1 Å². The number of phenolic OH excluding ortho intramolecular Hbond substituents is 1. The lowest BCUT2D eigenvalue weighted by molar-refractivity contribution is 0.0952. The molecule has 0 spiro atoms. The topological polar surface area (TPSA) is 79.5 Å². The molecule has 0 aliphatic rings. The van der Waals surface area contributed by atoms with Crippen molar-refractivity contribution in [1.82, 2.24) is 15.0 Å². The molecule has 1 amide bonds. The van der Waals surface area contributed by atoms with Gasteiger partial charge in [-0.3, -0.25) is 9.36 Å². The number of para-hydroxylation sites is 1. The van der Waals surface area contributed by atoms with Crippen molar-refractivity contribution in [3.63, 3.8) is 0 Å². The fourth-order valence-corrected chi connectivity index (χ4v) is 3.18. The summed E-state index contributed by atoms with van der Waals surface area (Å²) in [5, 5.41) is 16.5. The molecular weight excluding hydrogens is 324 g/mol. The zero-order valence-electron chi connectivity index (χ0n) is 13.2. The number of rotatable bonds is 4. The average molecular weight is 340 g/mol.